The van der Waals surface area contributed by atoms with Gasteiger partial charge >= 0.3 is 6.18 Å². The summed E-state index contributed by atoms with van der Waals surface area (Å²) in [6.45, 7) is 0.0345. The quantitative estimate of drug-likeness (QED) is 0.814. The van der Waals surface area contributed by atoms with Crippen LogP contribution in [0.4, 0.5) is 27.6 Å². The number of benzene rings is 2. The fourth-order valence-corrected chi connectivity index (χ4v) is 1.70. The van der Waals surface area contributed by atoms with Gasteiger partial charge in [-0.3, -0.25) is 0 Å². The molecule has 0 atom stereocenters. The molecule has 0 unspecified atom stereocenters. The highest BCUT2D eigenvalue weighted by atomic mass is 19.4. The maximum atomic E-state index is 13.1. The van der Waals surface area contributed by atoms with Gasteiger partial charge in [0.1, 0.15) is 11.6 Å². The van der Waals surface area contributed by atoms with Crippen LogP contribution in [0.1, 0.15) is 11.1 Å². The highest BCUT2D eigenvalue weighted by Crippen LogP contribution is 2.32. The Balaban J connectivity index is 2.14. The van der Waals surface area contributed by atoms with Crippen LogP contribution in [0.25, 0.3) is 0 Å². The highest BCUT2D eigenvalue weighted by molar-refractivity contribution is 5.44. The molecule has 0 bridgehead atoms. The van der Waals surface area contributed by atoms with Crippen molar-refractivity contribution in [1.29, 1.82) is 0 Å². The van der Waals surface area contributed by atoms with Crippen molar-refractivity contribution in [3.8, 4) is 0 Å². The molecule has 0 aliphatic rings. The minimum absolute atomic E-state index is 0.0345. The summed E-state index contributed by atoms with van der Waals surface area (Å²) in [5.74, 6) is -1.77. The molecule has 20 heavy (non-hydrogen) atoms. The van der Waals surface area contributed by atoms with Gasteiger partial charge in [0.25, 0.3) is 0 Å². The molecule has 0 amide bonds. The van der Waals surface area contributed by atoms with E-state index in [1.54, 1.807) is 6.07 Å². The average Bonchev–Trinajstić information content (AvgIpc) is 2.36. The number of hydrogen-bond donors (Lipinski definition) is 1. The van der Waals surface area contributed by atoms with Crippen LogP contribution in [-0.2, 0) is 12.7 Å². The second-order valence-electron chi connectivity index (χ2n) is 4.18. The first kappa shape index (κ1) is 14.3. The van der Waals surface area contributed by atoms with Crippen LogP contribution in [0.3, 0.4) is 0 Å². The molecule has 0 aromatic heterocycles. The van der Waals surface area contributed by atoms with Gasteiger partial charge in [0, 0.05) is 12.2 Å². The number of nitrogens with one attached hydrogen (secondary N) is 1. The van der Waals surface area contributed by atoms with Crippen molar-refractivity contribution in [2.75, 3.05) is 5.32 Å². The van der Waals surface area contributed by atoms with Gasteiger partial charge in [0.05, 0.1) is 5.56 Å². The number of alkyl halides is 3. The van der Waals surface area contributed by atoms with Crippen molar-refractivity contribution >= 4 is 5.69 Å². The van der Waals surface area contributed by atoms with Crippen molar-refractivity contribution in [2.45, 2.75) is 12.7 Å². The molecule has 2 aromatic rings. The third-order valence-electron chi connectivity index (χ3n) is 2.66. The molecule has 1 nitrogen and oxygen atoms in total. The van der Waals surface area contributed by atoms with E-state index in [0.717, 1.165) is 12.1 Å². The van der Waals surface area contributed by atoms with E-state index >= 15 is 0 Å². The van der Waals surface area contributed by atoms with E-state index in [2.05, 4.69) is 5.32 Å². The van der Waals surface area contributed by atoms with Crippen LogP contribution in [0, 0.1) is 11.6 Å². The van der Waals surface area contributed by atoms with Crippen LogP contribution in [0.5, 0.6) is 0 Å². The molecule has 0 spiro atoms. The average molecular weight is 287 g/mol. The molecule has 0 saturated heterocycles. The monoisotopic (exact) mass is 287 g/mol. The maximum absolute atomic E-state index is 13.1. The zero-order valence-electron chi connectivity index (χ0n) is 10.1. The number of halogens is 5. The van der Waals surface area contributed by atoms with Gasteiger partial charge in [0.15, 0.2) is 0 Å². The minimum atomic E-state index is -4.74. The third-order valence-corrected chi connectivity index (χ3v) is 2.66. The van der Waals surface area contributed by atoms with E-state index in [4.69, 9.17) is 0 Å². The van der Waals surface area contributed by atoms with Crippen LogP contribution < -0.4 is 5.32 Å². The molecule has 0 radical (unpaired) electrons. The second kappa shape index (κ2) is 5.48. The fraction of sp³-hybridized carbons (Fsp3) is 0.143. The number of anilines is 1. The molecule has 2 rings (SSSR count). The molecular weight excluding hydrogens is 277 g/mol. The Morgan fingerprint density at radius 3 is 2.35 bits per heavy atom. The summed E-state index contributed by atoms with van der Waals surface area (Å²) in [5, 5.41) is 2.77. The van der Waals surface area contributed by atoms with E-state index in [-0.39, 0.29) is 12.1 Å². The van der Waals surface area contributed by atoms with Gasteiger partial charge in [0.2, 0.25) is 0 Å². The zero-order valence-corrected chi connectivity index (χ0v) is 10.1. The van der Waals surface area contributed by atoms with Gasteiger partial charge < -0.3 is 5.32 Å². The lowest BCUT2D eigenvalue weighted by Gasteiger charge is -2.11. The van der Waals surface area contributed by atoms with Crippen molar-refractivity contribution < 1.29 is 22.0 Å². The number of rotatable bonds is 3. The standard InChI is InChI=1S/C14H10F5N/c15-10-2-1-3-11(7-10)20-8-9-4-5-13(16)12(6-9)14(17,18)19/h1-7,20H,8H2. The molecule has 0 fully saturated rings. The van der Waals surface area contributed by atoms with E-state index in [1.165, 1.54) is 24.3 Å². The molecule has 0 saturated carbocycles. The van der Waals surface area contributed by atoms with Crippen LogP contribution in [0.2, 0.25) is 0 Å². The molecule has 0 aliphatic heterocycles. The van der Waals surface area contributed by atoms with Gasteiger partial charge in [-0.15, -0.1) is 0 Å². The third kappa shape index (κ3) is 3.46. The van der Waals surface area contributed by atoms with E-state index in [1.807, 2.05) is 0 Å². The van der Waals surface area contributed by atoms with Crippen molar-refractivity contribution in [3.05, 3.63) is 65.2 Å². The highest BCUT2D eigenvalue weighted by Gasteiger charge is 2.34. The zero-order chi connectivity index (χ0) is 14.8. The predicted octanol–water partition coefficient (Wildman–Crippen LogP) is 4.60. The van der Waals surface area contributed by atoms with Crippen molar-refractivity contribution in [3.63, 3.8) is 0 Å². The Kier molecular flexibility index (Phi) is 3.92. The van der Waals surface area contributed by atoms with Crippen LogP contribution in [-0.4, -0.2) is 0 Å². The van der Waals surface area contributed by atoms with E-state index in [9.17, 15) is 22.0 Å². The van der Waals surface area contributed by atoms with E-state index in [0.29, 0.717) is 5.69 Å². The SMILES string of the molecule is Fc1cccc(NCc2ccc(F)c(C(F)(F)F)c2)c1. The molecule has 0 heterocycles. The van der Waals surface area contributed by atoms with Crippen LogP contribution >= 0.6 is 0 Å². The maximum Gasteiger partial charge on any atom is 0.419 e. The summed E-state index contributed by atoms with van der Waals surface area (Å²) in [4.78, 5) is 0. The first-order valence-corrected chi connectivity index (χ1v) is 5.71. The Labute approximate surface area is 112 Å². The van der Waals surface area contributed by atoms with Gasteiger partial charge in [-0.2, -0.15) is 13.2 Å². The summed E-state index contributed by atoms with van der Waals surface area (Å²) < 4.78 is 63.6. The minimum Gasteiger partial charge on any atom is -0.381 e. The molecule has 0 aliphatic carbocycles. The largest absolute Gasteiger partial charge is 0.419 e. The number of hydrogen-bond acceptors (Lipinski definition) is 1. The Bertz CT molecular complexity index is 607. The first-order chi connectivity index (χ1) is 9.36. The molecule has 106 valence electrons. The lowest BCUT2D eigenvalue weighted by Crippen LogP contribution is -2.10. The fourth-order valence-electron chi connectivity index (χ4n) is 1.70. The molecule has 1 N–H and O–H groups in total. The second-order valence-corrected chi connectivity index (χ2v) is 4.18. The van der Waals surface area contributed by atoms with Gasteiger partial charge in [-0.1, -0.05) is 12.1 Å². The molecule has 2 aromatic carbocycles. The smallest absolute Gasteiger partial charge is 0.381 e. The summed E-state index contributed by atoms with van der Waals surface area (Å²) in [7, 11) is 0. The Hall–Kier alpha value is -2.11. The topological polar surface area (TPSA) is 12.0 Å². The predicted molar refractivity (Wildman–Crippen MR) is 65.1 cm³/mol. The summed E-state index contributed by atoms with van der Waals surface area (Å²) in [5.41, 5.74) is -0.623. The van der Waals surface area contributed by atoms with E-state index < -0.39 is 23.4 Å². The van der Waals surface area contributed by atoms with Crippen molar-refractivity contribution in [1.82, 2.24) is 0 Å². The first-order valence-electron chi connectivity index (χ1n) is 5.71. The lowest BCUT2D eigenvalue weighted by molar-refractivity contribution is -0.140. The Morgan fingerprint density at radius 2 is 1.70 bits per heavy atom. The molecule has 6 heteroatoms. The summed E-state index contributed by atoms with van der Waals surface area (Å²) in [6.07, 6.45) is -4.74. The van der Waals surface area contributed by atoms with Gasteiger partial charge in [-0.05, 0) is 35.9 Å². The van der Waals surface area contributed by atoms with Crippen molar-refractivity contribution in [2.24, 2.45) is 0 Å². The summed E-state index contributed by atoms with van der Waals surface area (Å²) in [6, 6.07) is 8.28. The Morgan fingerprint density at radius 1 is 0.950 bits per heavy atom. The summed E-state index contributed by atoms with van der Waals surface area (Å²) >= 11 is 0. The van der Waals surface area contributed by atoms with Crippen LogP contribution in [0.15, 0.2) is 42.5 Å². The lowest BCUT2D eigenvalue weighted by atomic mass is 10.1. The normalized spacial score (nSPS) is 11.4. The molecular formula is C14H10F5N. The van der Waals surface area contributed by atoms with Gasteiger partial charge in [-0.25, -0.2) is 8.78 Å².